The van der Waals surface area contributed by atoms with E-state index in [1.807, 2.05) is 24.3 Å². The van der Waals surface area contributed by atoms with E-state index in [4.69, 9.17) is 18.9 Å². The number of likely N-dealkylation sites (N-methyl/N-ethyl adjacent to an activating group) is 1. The number of phenolic OH excluding ortho intramolecular Hbond substituents is 2. The number of phenols is 2. The average molecular weight is 1050 g/mol. The molecule has 1 aliphatic rings. The molecule has 5 rings (SSSR count). The van der Waals surface area contributed by atoms with Crippen molar-refractivity contribution >= 4 is 41.8 Å². The van der Waals surface area contributed by atoms with Crippen LogP contribution in [0.5, 0.6) is 17.2 Å². The van der Waals surface area contributed by atoms with Gasteiger partial charge in [0.25, 0.3) is 5.91 Å². The first-order valence-corrected chi connectivity index (χ1v) is 24.8. The van der Waals surface area contributed by atoms with Crippen LogP contribution in [-0.4, -0.2) is 130 Å². The predicted octanol–water partition coefficient (Wildman–Crippen LogP) is 5.97. The van der Waals surface area contributed by atoms with E-state index >= 15 is 4.79 Å². The maximum atomic E-state index is 15.1. The van der Waals surface area contributed by atoms with Crippen LogP contribution in [0.3, 0.4) is 0 Å². The molecular formula is C55H72N8O13. The Balaban J connectivity index is 1.57. The van der Waals surface area contributed by atoms with Crippen molar-refractivity contribution in [3.05, 3.63) is 88.2 Å². The predicted molar refractivity (Wildman–Crippen MR) is 281 cm³/mol. The largest absolute Gasteiger partial charge is 0.507 e. The highest BCUT2D eigenvalue weighted by atomic mass is 16.6. The Labute approximate surface area is 443 Å². The second-order valence-corrected chi connectivity index (χ2v) is 21.6. The second-order valence-electron chi connectivity index (χ2n) is 21.6. The molecule has 0 spiro atoms. The molecule has 0 saturated carbocycles. The van der Waals surface area contributed by atoms with Gasteiger partial charge in [0.2, 0.25) is 17.7 Å². The topological polar surface area (TPSA) is 286 Å². The summed E-state index contributed by atoms with van der Waals surface area (Å²) in [5, 5.41) is 36.5. The quantitative estimate of drug-likeness (QED) is 0.0461. The molecule has 21 nitrogen and oxygen atoms in total. The van der Waals surface area contributed by atoms with Gasteiger partial charge in [-0.2, -0.15) is 0 Å². The molecule has 0 radical (unpaired) electrons. The summed E-state index contributed by atoms with van der Waals surface area (Å²) in [7, 11) is 2.43. The van der Waals surface area contributed by atoms with E-state index < -0.39 is 82.9 Å². The Kier molecular flexibility index (Phi) is 18.7. The number of nitrogens with zero attached hydrogens (tertiary/aromatic N) is 3. The third kappa shape index (κ3) is 15.5. The highest BCUT2D eigenvalue weighted by molar-refractivity contribution is 6.00. The highest BCUT2D eigenvalue weighted by Crippen LogP contribution is 2.43. The van der Waals surface area contributed by atoms with Gasteiger partial charge in [0, 0.05) is 36.7 Å². The number of nitrogens with one attached hydrogen (secondary N) is 5. The first kappa shape index (κ1) is 58.9. The number of esters is 1. The molecule has 0 unspecified atom stereocenters. The third-order valence-electron chi connectivity index (χ3n) is 12.0. The number of ether oxygens (including phenoxy) is 4. The van der Waals surface area contributed by atoms with Gasteiger partial charge in [-0.05, 0) is 115 Å². The summed E-state index contributed by atoms with van der Waals surface area (Å²) in [6, 6.07) is 8.93. The number of amides is 6. The molecule has 4 atom stereocenters. The number of carbonyl (C=O) groups is 7. The van der Waals surface area contributed by atoms with Crippen LogP contribution in [0.25, 0.3) is 22.5 Å². The summed E-state index contributed by atoms with van der Waals surface area (Å²) in [5.41, 5.74) is 1.16. The first-order valence-electron chi connectivity index (χ1n) is 24.8. The van der Waals surface area contributed by atoms with E-state index in [-0.39, 0.29) is 71.7 Å². The zero-order chi connectivity index (χ0) is 56.6. The second kappa shape index (κ2) is 24.1. The number of alkyl carbamates (subject to hydrolysis) is 2. The Hall–Kier alpha value is -7.97. The smallest absolute Gasteiger partial charge is 0.407 e. The molecule has 2 heterocycles. The fourth-order valence-electron chi connectivity index (χ4n) is 8.23. The van der Waals surface area contributed by atoms with Gasteiger partial charge in [0.05, 0.1) is 30.6 Å². The van der Waals surface area contributed by atoms with E-state index in [0.717, 1.165) is 23.1 Å². The van der Waals surface area contributed by atoms with Crippen molar-refractivity contribution in [2.45, 2.75) is 137 Å². The lowest BCUT2D eigenvalue weighted by Crippen LogP contribution is -2.55. The summed E-state index contributed by atoms with van der Waals surface area (Å²) in [6.45, 7) is 20.7. The van der Waals surface area contributed by atoms with Gasteiger partial charge >= 0.3 is 18.2 Å². The van der Waals surface area contributed by atoms with Crippen LogP contribution >= 0.6 is 0 Å². The SMILES string of the molecule is COC(=O)[C@@H]1Cc2cc(OCCNC(=O)OC(C)(C)C)c(O)c(c2)-c2cc(ccc2O)[C@H](N(C)C(=O)[C@H](CCNC(=O)OC(C)(C)C)NC(=O)c2c(C)nc(-c3ccc(C(C)(C)C)cc3)nc2C)C(=O)N[C@@H](C)C(=O)N1. The summed E-state index contributed by atoms with van der Waals surface area (Å²) < 4.78 is 21.7. The minimum Gasteiger partial charge on any atom is -0.507 e. The molecule has 410 valence electrons. The molecule has 0 saturated heterocycles. The van der Waals surface area contributed by atoms with Gasteiger partial charge < -0.3 is 60.6 Å². The number of aromatic hydroxyl groups is 2. The van der Waals surface area contributed by atoms with Crippen LogP contribution < -0.4 is 31.3 Å². The molecule has 4 bridgehead atoms. The molecule has 1 aliphatic heterocycles. The Bertz CT molecular complexity index is 2810. The monoisotopic (exact) mass is 1050 g/mol. The number of carbonyl (C=O) groups excluding carboxylic acids is 7. The minimum absolute atomic E-state index is 0.0399. The standard InChI is InChI=1S/C55H72N8O13/c1-29-42(30(2)59-45(58-29)33-15-18-35(19-16-33)53(4,5)6)47(67)61-38(21-22-56-51(71)75-54(7,8)9)49(69)63(13)43-34-17-20-40(64)36(28-34)37-25-32(26-39(50(70)73-14)62-46(66)31(3)60-48(43)68)27-41(44(37)65)74-24-23-57-52(72)76-55(10,11)12/h15-20,25,27-28,31,38-39,43,64-65H,21-24,26H2,1-14H3,(H,56,71)(H,57,72)(H,60,68)(H,61,67)(H,62,66)/t31-,38-,39-,43-/m0/s1. The van der Waals surface area contributed by atoms with Gasteiger partial charge in [-0.3, -0.25) is 19.2 Å². The van der Waals surface area contributed by atoms with Crippen LogP contribution in [0.15, 0.2) is 54.6 Å². The van der Waals surface area contributed by atoms with Crippen molar-refractivity contribution in [1.82, 2.24) is 41.5 Å². The van der Waals surface area contributed by atoms with Gasteiger partial charge in [0.1, 0.15) is 47.7 Å². The van der Waals surface area contributed by atoms with E-state index in [0.29, 0.717) is 22.8 Å². The van der Waals surface area contributed by atoms with Crippen molar-refractivity contribution in [3.8, 4) is 39.8 Å². The normalized spacial score (nSPS) is 16.4. The third-order valence-corrected chi connectivity index (χ3v) is 12.0. The molecule has 0 fully saturated rings. The molecule has 4 aromatic rings. The number of hydrogen-bond acceptors (Lipinski definition) is 15. The first-order chi connectivity index (χ1) is 35.4. The fourth-order valence-corrected chi connectivity index (χ4v) is 8.23. The molecule has 21 heteroatoms. The van der Waals surface area contributed by atoms with Crippen molar-refractivity contribution in [2.75, 3.05) is 33.9 Å². The van der Waals surface area contributed by atoms with E-state index in [2.05, 4.69) is 57.3 Å². The summed E-state index contributed by atoms with van der Waals surface area (Å²) in [5.74, 6) is -4.72. The maximum absolute atomic E-state index is 15.1. The molecule has 3 aromatic carbocycles. The van der Waals surface area contributed by atoms with Crippen molar-refractivity contribution < 1.29 is 62.7 Å². The number of aromatic nitrogens is 2. The van der Waals surface area contributed by atoms with Crippen LogP contribution in [0.1, 0.15) is 120 Å². The number of rotatable bonds is 13. The van der Waals surface area contributed by atoms with E-state index in [1.165, 1.54) is 44.3 Å². The summed E-state index contributed by atoms with van der Waals surface area (Å²) in [4.78, 5) is 107. The molecule has 7 N–H and O–H groups in total. The fraction of sp³-hybridized carbons (Fsp3) is 0.473. The van der Waals surface area contributed by atoms with Crippen LogP contribution in [0.2, 0.25) is 0 Å². The number of hydrogen-bond donors (Lipinski definition) is 7. The maximum Gasteiger partial charge on any atom is 0.407 e. The van der Waals surface area contributed by atoms with E-state index in [9.17, 15) is 39.0 Å². The van der Waals surface area contributed by atoms with Crippen molar-refractivity contribution in [2.24, 2.45) is 0 Å². The van der Waals surface area contributed by atoms with E-state index in [1.54, 1.807) is 55.4 Å². The van der Waals surface area contributed by atoms with Crippen LogP contribution in [0.4, 0.5) is 9.59 Å². The summed E-state index contributed by atoms with van der Waals surface area (Å²) >= 11 is 0. The van der Waals surface area contributed by atoms with Crippen molar-refractivity contribution in [1.29, 1.82) is 0 Å². The van der Waals surface area contributed by atoms with Gasteiger partial charge in [-0.15, -0.1) is 0 Å². The summed E-state index contributed by atoms with van der Waals surface area (Å²) in [6.07, 6.45) is -1.92. The molecule has 1 aromatic heterocycles. The molecule has 6 amide bonds. The molecule has 76 heavy (non-hydrogen) atoms. The molecular weight excluding hydrogens is 981 g/mol. The minimum atomic E-state index is -1.62. The Morgan fingerprint density at radius 3 is 1.95 bits per heavy atom. The Morgan fingerprint density at radius 2 is 1.38 bits per heavy atom. The van der Waals surface area contributed by atoms with Crippen LogP contribution in [0, 0.1) is 13.8 Å². The lowest BCUT2D eigenvalue weighted by molar-refractivity contribution is -0.145. The highest BCUT2D eigenvalue weighted by Gasteiger charge is 2.37. The number of fused-ring (bicyclic) bond motifs is 5. The lowest BCUT2D eigenvalue weighted by atomic mass is 9.86. The zero-order valence-electron chi connectivity index (χ0n) is 45.8. The Morgan fingerprint density at radius 1 is 0.789 bits per heavy atom. The van der Waals surface area contributed by atoms with Gasteiger partial charge in [0.15, 0.2) is 17.3 Å². The number of aryl methyl sites for hydroxylation is 2. The zero-order valence-corrected chi connectivity index (χ0v) is 45.8. The number of methoxy groups -OCH3 is 1. The average Bonchev–Trinajstić information content (AvgIpc) is 3.31. The van der Waals surface area contributed by atoms with Gasteiger partial charge in [-0.25, -0.2) is 24.4 Å². The van der Waals surface area contributed by atoms with Crippen LogP contribution in [-0.2, 0) is 45.2 Å². The van der Waals surface area contributed by atoms with Gasteiger partial charge in [-0.1, -0.05) is 51.1 Å². The lowest BCUT2D eigenvalue weighted by Gasteiger charge is -2.32. The molecule has 0 aliphatic carbocycles. The number of benzene rings is 3. The van der Waals surface area contributed by atoms with Crippen molar-refractivity contribution in [3.63, 3.8) is 0 Å².